The molecule has 152 valence electrons. The largest absolute Gasteiger partial charge is 0.383 e. The van der Waals surface area contributed by atoms with E-state index in [2.05, 4.69) is 10.1 Å². The zero-order valence-electron chi connectivity index (χ0n) is 16.8. The minimum Gasteiger partial charge on any atom is -0.383 e. The predicted molar refractivity (Wildman–Crippen MR) is 102 cm³/mol. The summed E-state index contributed by atoms with van der Waals surface area (Å²) in [7, 11) is 0.104. The number of sulfone groups is 1. The maximum absolute atomic E-state index is 12.8. The number of rotatable bonds is 11. The number of methoxy groups -OCH3 is 1. The third-order valence-electron chi connectivity index (χ3n) is 4.20. The van der Waals surface area contributed by atoms with Crippen LogP contribution < -0.4 is 0 Å². The van der Waals surface area contributed by atoms with Crippen LogP contribution in [0.25, 0.3) is 0 Å². The third kappa shape index (κ3) is 6.15. The van der Waals surface area contributed by atoms with E-state index >= 15 is 0 Å². The van der Waals surface area contributed by atoms with Crippen LogP contribution in [-0.4, -0.2) is 54.5 Å². The highest BCUT2D eigenvalue weighted by Gasteiger charge is 2.24. The molecule has 2 rings (SSSR count). The van der Waals surface area contributed by atoms with Gasteiger partial charge in [0, 0.05) is 26.3 Å². The molecule has 27 heavy (non-hydrogen) atoms. The summed E-state index contributed by atoms with van der Waals surface area (Å²) in [6.45, 7) is 7.87. The molecule has 0 spiro atoms. The van der Waals surface area contributed by atoms with Crippen molar-refractivity contribution < 1.29 is 17.7 Å². The zero-order valence-corrected chi connectivity index (χ0v) is 17.6. The second-order valence-corrected chi connectivity index (χ2v) is 9.29. The van der Waals surface area contributed by atoms with E-state index in [1.807, 2.05) is 38.8 Å². The van der Waals surface area contributed by atoms with E-state index < -0.39 is 9.84 Å². The summed E-state index contributed by atoms with van der Waals surface area (Å²) in [5, 5.41) is 4.01. The summed E-state index contributed by atoms with van der Waals surface area (Å²) < 4.78 is 37.7. The van der Waals surface area contributed by atoms with Gasteiger partial charge in [-0.1, -0.05) is 19.0 Å². The fourth-order valence-corrected chi connectivity index (χ4v) is 4.48. The highest BCUT2D eigenvalue weighted by atomic mass is 32.2. The first-order valence-corrected chi connectivity index (χ1v) is 10.7. The summed E-state index contributed by atoms with van der Waals surface area (Å²) >= 11 is 0. The van der Waals surface area contributed by atoms with E-state index in [1.165, 1.54) is 0 Å². The van der Waals surface area contributed by atoms with Crippen molar-refractivity contribution in [3.63, 3.8) is 0 Å². The quantitative estimate of drug-likeness (QED) is 0.573. The highest BCUT2D eigenvalue weighted by Crippen LogP contribution is 2.18. The molecule has 0 N–H and O–H groups in total. The maximum atomic E-state index is 12.8. The maximum Gasteiger partial charge on any atom is 0.227 e. The van der Waals surface area contributed by atoms with Gasteiger partial charge in [-0.25, -0.2) is 13.4 Å². The first-order chi connectivity index (χ1) is 12.7. The Kier molecular flexibility index (Phi) is 7.58. The normalized spacial score (nSPS) is 12.4. The molecule has 0 aliphatic rings. The monoisotopic (exact) mass is 398 g/mol. The van der Waals surface area contributed by atoms with Crippen LogP contribution in [0.5, 0.6) is 0 Å². The molecule has 0 aromatic carbocycles. The van der Waals surface area contributed by atoms with Crippen molar-refractivity contribution in [3.8, 4) is 0 Å². The molecule has 0 amide bonds. The van der Waals surface area contributed by atoms with Crippen molar-refractivity contribution in [1.29, 1.82) is 0 Å². The average molecular weight is 399 g/mol. The van der Waals surface area contributed by atoms with Crippen LogP contribution in [0.15, 0.2) is 21.9 Å². The molecular formula is C18H30N4O4S. The molecule has 0 saturated heterocycles. The summed E-state index contributed by atoms with van der Waals surface area (Å²) in [4.78, 5) is 6.27. The molecule has 0 aliphatic heterocycles. The molecule has 2 aromatic heterocycles. The first-order valence-electron chi connectivity index (χ1n) is 9.09. The smallest absolute Gasteiger partial charge is 0.227 e. The minimum atomic E-state index is -3.44. The van der Waals surface area contributed by atoms with Crippen LogP contribution in [0.4, 0.5) is 0 Å². The molecule has 0 saturated carbocycles. The number of imidazole rings is 1. The average Bonchev–Trinajstić information content (AvgIpc) is 3.17. The van der Waals surface area contributed by atoms with E-state index in [-0.39, 0.29) is 10.9 Å². The van der Waals surface area contributed by atoms with Gasteiger partial charge in [-0.15, -0.1) is 0 Å². The third-order valence-corrected chi connectivity index (χ3v) is 5.85. The molecule has 9 heteroatoms. The molecule has 0 fully saturated rings. The van der Waals surface area contributed by atoms with Crippen molar-refractivity contribution in [2.45, 2.75) is 52.0 Å². The van der Waals surface area contributed by atoms with Crippen molar-refractivity contribution in [1.82, 2.24) is 19.6 Å². The van der Waals surface area contributed by atoms with Gasteiger partial charge in [0.2, 0.25) is 15.0 Å². The Morgan fingerprint density at radius 2 is 2.07 bits per heavy atom. The van der Waals surface area contributed by atoms with Crippen LogP contribution >= 0.6 is 0 Å². The Balaban J connectivity index is 2.19. The summed E-state index contributed by atoms with van der Waals surface area (Å²) in [6.07, 6.45) is 2.25. The van der Waals surface area contributed by atoms with Gasteiger partial charge in [0.05, 0.1) is 36.5 Å². The Morgan fingerprint density at radius 1 is 1.33 bits per heavy atom. The number of nitrogens with zero attached hydrogens (tertiary/aromatic N) is 4. The molecule has 0 unspecified atom stereocenters. The summed E-state index contributed by atoms with van der Waals surface area (Å²) in [6, 6.07) is 1.89. The standard InChI is InChI=1S/C18H30N4O4S/c1-14(2)6-9-27(23,24)18-19-11-16(22(18)7-8-25-5)12-21(4)13-17-10-15(3)20-26-17/h10-11,14H,6-9,12-13H2,1-5H3. The SMILES string of the molecule is COCCn1c(CN(C)Cc2cc(C)no2)cnc1S(=O)(=O)CCC(C)C. The lowest BCUT2D eigenvalue weighted by atomic mass is 10.2. The lowest BCUT2D eigenvalue weighted by molar-refractivity contribution is 0.181. The Morgan fingerprint density at radius 3 is 2.67 bits per heavy atom. The molecule has 0 atom stereocenters. The molecule has 2 aromatic rings. The van der Waals surface area contributed by atoms with Crippen LogP contribution in [-0.2, 0) is 34.2 Å². The van der Waals surface area contributed by atoms with Gasteiger partial charge >= 0.3 is 0 Å². The van der Waals surface area contributed by atoms with Gasteiger partial charge in [-0.2, -0.15) is 0 Å². The highest BCUT2D eigenvalue weighted by molar-refractivity contribution is 7.91. The van der Waals surface area contributed by atoms with Crippen molar-refractivity contribution in [2.24, 2.45) is 5.92 Å². The van der Waals surface area contributed by atoms with Gasteiger partial charge in [-0.05, 0) is 26.3 Å². The molecule has 0 aliphatic carbocycles. The molecule has 8 nitrogen and oxygen atoms in total. The zero-order chi connectivity index (χ0) is 20.0. The van der Waals surface area contributed by atoms with E-state index in [9.17, 15) is 8.42 Å². The molecule has 2 heterocycles. The number of aromatic nitrogens is 3. The lowest BCUT2D eigenvalue weighted by Gasteiger charge is -2.17. The van der Waals surface area contributed by atoms with Gasteiger partial charge in [0.25, 0.3) is 0 Å². The number of hydrogen-bond donors (Lipinski definition) is 0. The number of ether oxygens (including phenoxy) is 1. The van der Waals surface area contributed by atoms with Gasteiger partial charge in [0.1, 0.15) is 0 Å². The first kappa shape index (κ1) is 21.6. The Bertz CT molecular complexity index is 826. The second kappa shape index (κ2) is 9.48. The van der Waals surface area contributed by atoms with Crippen molar-refractivity contribution >= 4 is 9.84 Å². The van der Waals surface area contributed by atoms with Crippen LogP contribution in [0.3, 0.4) is 0 Å². The number of hydrogen-bond acceptors (Lipinski definition) is 7. The molecular weight excluding hydrogens is 368 g/mol. The minimum absolute atomic E-state index is 0.0985. The molecule has 0 radical (unpaired) electrons. The number of aryl methyl sites for hydroxylation is 1. The molecule has 0 bridgehead atoms. The van der Waals surface area contributed by atoms with Crippen molar-refractivity contribution in [3.05, 3.63) is 29.4 Å². The van der Waals surface area contributed by atoms with Crippen LogP contribution in [0, 0.1) is 12.8 Å². The van der Waals surface area contributed by atoms with E-state index in [1.54, 1.807) is 17.9 Å². The summed E-state index contributed by atoms with van der Waals surface area (Å²) in [5.41, 5.74) is 1.66. The van der Waals surface area contributed by atoms with Crippen LogP contribution in [0.1, 0.15) is 37.4 Å². The van der Waals surface area contributed by atoms with E-state index in [0.717, 1.165) is 17.1 Å². The Hall–Kier alpha value is -1.71. The van der Waals surface area contributed by atoms with Crippen molar-refractivity contribution in [2.75, 3.05) is 26.5 Å². The van der Waals surface area contributed by atoms with Gasteiger partial charge < -0.3 is 13.8 Å². The fraction of sp³-hybridized carbons (Fsp3) is 0.667. The van der Waals surface area contributed by atoms with Crippen LogP contribution in [0.2, 0.25) is 0 Å². The lowest BCUT2D eigenvalue weighted by Crippen LogP contribution is -2.22. The topological polar surface area (TPSA) is 90.5 Å². The summed E-state index contributed by atoms with van der Waals surface area (Å²) in [5.74, 6) is 1.18. The predicted octanol–water partition coefficient (Wildman–Crippen LogP) is 2.28. The van der Waals surface area contributed by atoms with Gasteiger partial charge in [-0.3, -0.25) is 4.90 Å². The van der Waals surface area contributed by atoms with Gasteiger partial charge in [0.15, 0.2) is 5.76 Å². The Labute approximate surface area is 161 Å². The van der Waals surface area contributed by atoms with E-state index in [0.29, 0.717) is 38.6 Å². The van der Waals surface area contributed by atoms with E-state index in [4.69, 9.17) is 9.26 Å². The second-order valence-electron chi connectivity index (χ2n) is 7.28. The fourth-order valence-electron chi connectivity index (χ4n) is 2.76.